The molecule has 140 valence electrons. The molecule has 0 unspecified atom stereocenters. The first-order valence-corrected chi connectivity index (χ1v) is 9.20. The third kappa shape index (κ3) is 2.98. The number of piperidine rings is 1. The quantitative estimate of drug-likeness (QED) is 0.833. The largest absolute Gasteiger partial charge is 0.493 e. The molecule has 0 radical (unpaired) electrons. The van der Waals surface area contributed by atoms with Crippen LogP contribution in [0.1, 0.15) is 29.5 Å². The van der Waals surface area contributed by atoms with Crippen LogP contribution in [0.5, 0.6) is 11.5 Å². The van der Waals surface area contributed by atoms with Crippen molar-refractivity contribution >= 4 is 5.82 Å². The molecule has 6 heteroatoms. The Labute approximate surface area is 159 Å². The van der Waals surface area contributed by atoms with E-state index in [2.05, 4.69) is 28.1 Å². The Balaban J connectivity index is 1.63. The second kappa shape index (κ2) is 7.09. The maximum absolute atomic E-state index is 9.36. The summed E-state index contributed by atoms with van der Waals surface area (Å²) in [4.78, 5) is 6.61. The van der Waals surface area contributed by atoms with Crippen molar-refractivity contribution in [2.75, 3.05) is 38.8 Å². The fourth-order valence-corrected chi connectivity index (χ4v) is 4.22. The summed E-state index contributed by atoms with van der Waals surface area (Å²) in [6.07, 6.45) is 4.30. The zero-order valence-electron chi connectivity index (χ0n) is 15.7. The number of pyridine rings is 1. The predicted molar refractivity (Wildman–Crippen MR) is 101 cm³/mol. The van der Waals surface area contributed by atoms with Gasteiger partial charge in [-0.2, -0.15) is 5.26 Å². The Kier molecular flexibility index (Phi) is 4.63. The fourth-order valence-electron chi connectivity index (χ4n) is 4.22. The number of hydrogen-bond donors (Lipinski definition) is 0. The Bertz CT molecular complexity index is 883. The van der Waals surface area contributed by atoms with E-state index in [0.29, 0.717) is 12.2 Å². The zero-order chi connectivity index (χ0) is 18.9. The van der Waals surface area contributed by atoms with Crippen molar-refractivity contribution in [3.05, 3.63) is 47.2 Å². The van der Waals surface area contributed by atoms with Crippen LogP contribution in [0.4, 0.5) is 5.82 Å². The summed E-state index contributed by atoms with van der Waals surface area (Å²) in [6, 6.07) is 10.0. The van der Waals surface area contributed by atoms with Crippen LogP contribution in [0.25, 0.3) is 0 Å². The number of aromatic nitrogens is 1. The maximum atomic E-state index is 9.36. The first-order valence-electron chi connectivity index (χ1n) is 9.20. The highest BCUT2D eigenvalue weighted by atomic mass is 16.5. The second-order valence-corrected chi connectivity index (χ2v) is 6.93. The van der Waals surface area contributed by atoms with Crippen LogP contribution in [0.2, 0.25) is 0 Å². The lowest BCUT2D eigenvalue weighted by molar-refractivity contribution is -0.0768. The van der Waals surface area contributed by atoms with Crippen molar-refractivity contribution in [3.8, 4) is 17.6 Å². The van der Waals surface area contributed by atoms with Gasteiger partial charge in [0.05, 0.1) is 32.0 Å². The molecule has 0 atom stereocenters. The number of hydrogen-bond acceptors (Lipinski definition) is 6. The van der Waals surface area contributed by atoms with E-state index < -0.39 is 0 Å². The molecule has 2 aliphatic rings. The SMILES string of the molecule is COc1cc2c(cc1OC)C1(CCN(c3ncccc3C#N)CC1)OCC2. The normalized spacial score (nSPS) is 17.9. The highest BCUT2D eigenvalue weighted by Crippen LogP contribution is 2.45. The minimum absolute atomic E-state index is 0.314. The number of ether oxygens (including phenoxy) is 3. The molecule has 4 rings (SSSR count). The smallest absolute Gasteiger partial charge is 0.161 e. The first kappa shape index (κ1) is 17.6. The van der Waals surface area contributed by atoms with Crippen molar-refractivity contribution in [2.45, 2.75) is 24.9 Å². The Morgan fingerprint density at radius 1 is 1.19 bits per heavy atom. The lowest BCUT2D eigenvalue weighted by Crippen LogP contribution is -2.47. The van der Waals surface area contributed by atoms with Gasteiger partial charge >= 0.3 is 0 Å². The van der Waals surface area contributed by atoms with E-state index in [-0.39, 0.29) is 5.60 Å². The second-order valence-electron chi connectivity index (χ2n) is 6.93. The summed E-state index contributed by atoms with van der Waals surface area (Å²) in [6.45, 7) is 2.29. The van der Waals surface area contributed by atoms with Gasteiger partial charge in [-0.3, -0.25) is 0 Å². The number of anilines is 1. The highest BCUT2D eigenvalue weighted by molar-refractivity contribution is 5.55. The molecule has 2 aromatic rings. The Morgan fingerprint density at radius 3 is 2.63 bits per heavy atom. The summed E-state index contributed by atoms with van der Waals surface area (Å²) in [5.74, 6) is 2.26. The number of rotatable bonds is 3. The third-order valence-corrected chi connectivity index (χ3v) is 5.63. The number of nitriles is 1. The number of fused-ring (bicyclic) bond motifs is 2. The molecule has 0 bridgehead atoms. The molecule has 1 aromatic carbocycles. The molecule has 0 saturated carbocycles. The van der Waals surface area contributed by atoms with Crippen LogP contribution in [0.3, 0.4) is 0 Å². The van der Waals surface area contributed by atoms with Crippen LogP contribution in [0, 0.1) is 11.3 Å². The fraction of sp³-hybridized carbons (Fsp3) is 0.429. The van der Waals surface area contributed by atoms with Crippen LogP contribution >= 0.6 is 0 Å². The average molecular weight is 365 g/mol. The van der Waals surface area contributed by atoms with Gasteiger partial charge in [0.15, 0.2) is 11.5 Å². The van der Waals surface area contributed by atoms with E-state index in [1.165, 1.54) is 11.1 Å². The molecule has 6 nitrogen and oxygen atoms in total. The summed E-state index contributed by atoms with van der Waals surface area (Å²) >= 11 is 0. The molecule has 1 spiro atoms. The summed E-state index contributed by atoms with van der Waals surface area (Å²) < 4.78 is 17.3. The van der Waals surface area contributed by atoms with Gasteiger partial charge in [-0.15, -0.1) is 0 Å². The lowest BCUT2D eigenvalue weighted by Gasteiger charge is -2.45. The summed E-state index contributed by atoms with van der Waals surface area (Å²) in [5.41, 5.74) is 2.77. The molecule has 1 saturated heterocycles. The number of methoxy groups -OCH3 is 2. The van der Waals surface area contributed by atoms with Gasteiger partial charge in [0.25, 0.3) is 0 Å². The first-order chi connectivity index (χ1) is 13.2. The van der Waals surface area contributed by atoms with Crippen molar-refractivity contribution in [1.29, 1.82) is 5.26 Å². The van der Waals surface area contributed by atoms with Gasteiger partial charge in [0.1, 0.15) is 11.9 Å². The third-order valence-electron chi connectivity index (χ3n) is 5.63. The molecular formula is C21H23N3O3. The molecule has 0 amide bonds. The van der Waals surface area contributed by atoms with Gasteiger partial charge in [-0.1, -0.05) is 0 Å². The maximum Gasteiger partial charge on any atom is 0.161 e. The van der Waals surface area contributed by atoms with Crippen molar-refractivity contribution in [3.63, 3.8) is 0 Å². The van der Waals surface area contributed by atoms with Crippen LogP contribution in [-0.4, -0.2) is 38.9 Å². The van der Waals surface area contributed by atoms with Gasteiger partial charge in [0.2, 0.25) is 0 Å². The molecule has 0 N–H and O–H groups in total. The van der Waals surface area contributed by atoms with Gasteiger partial charge in [-0.05, 0) is 54.7 Å². The van der Waals surface area contributed by atoms with E-state index in [1.807, 2.05) is 6.07 Å². The predicted octanol–water partition coefficient (Wildman–Crippen LogP) is 3.04. The molecule has 1 aromatic heterocycles. The molecular weight excluding hydrogens is 342 g/mol. The Morgan fingerprint density at radius 2 is 1.93 bits per heavy atom. The number of nitrogens with zero attached hydrogens (tertiary/aromatic N) is 3. The van der Waals surface area contributed by atoms with Crippen molar-refractivity contribution in [1.82, 2.24) is 4.98 Å². The zero-order valence-corrected chi connectivity index (χ0v) is 15.7. The van der Waals surface area contributed by atoms with Gasteiger partial charge in [0, 0.05) is 19.3 Å². The molecule has 3 heterocycles. The van der Waals surface area contributed by atoms with Crippen molar-refractivity contribution in [2.24, 2.45) is 0 Å². The van der Waals surface area contributed by atoms with E-state index in [9.17, 15) is 5.26 Å². The standard InChI is InChI=1S/C21H23N3O3/c1-25-18-12-15-5-11-27-21(17(15)13-19(18)26-2)6-9-24(10-7-21)20-16(14-22)4-3-8-23-20/h3-4,8,12-13H,5-7,9-11H2,1-2H3. The monoisotopic (exact) mass is 365 g/mol. The van der Waals surface area contributed by atoms with E-state index in [1.54, 1.807) is 26.5 Å². The van der Waals surface area contributed by atoms with E-state index >= 15 is 0 Å². The lowest BCUT2D eigenvalue weighted by atomic mass is 9.79. The number of benzene rings is 1. The van der Waals surface area contributed by atoms with E-state index in [4.69, 9.17) is 14.2 Å². The topological polar surface area (TPSA) is 67.6 Å². The van der Waals surface area contributed by atoms with Crippen LogP contribution in [0.15, 0.2) is 30.5 Å². The minimum atomic E-state index is -0.314. The summed E-state index contributed by atoms with van der Waals surface area (Å²) in [7, 11) is 3.32. The van der Waals surface area contributed by atoms with Crippen LogP contribution in [-0.2, 0) is 16.8 Å². The van der Waals surface area contributed by atoms with Gasteiger partial charge in [-0.25, -0.2) is 4.98 Å². The molecule has 27 heavy (non-hydrogen) atoms. The van der Waals surface area contributed by atoms with E-state index in [0.717, 1.165) is 49.7 Å². The van der Waals surface area contributed by atoms with Gasteiger partial charge < -0.3 is 19.1 Å². The summed E-state index contributed by atoms with van der Waals surface area (Å²) in [5, 5.41) is 9.36. The highest BCUT2D eigenvalue weighted by Gasteiger charge is 2.42. The van der Waals surface area contributed by atoms with Crippen molar-refractivity contribution < 1.29 is 14.2 Å². The molecule has 0 aliphatic carbocycles. The molecule has 2 aliphatic heterocycles. The van der Waals surface area contributed by atoms with Crippen LogP contribution < -0.4 is 14.4 Å². The minimum Gasteiger partial charge on any atom is -0.493 e. The molecule has 1 fully saturated rings. The Hall–Kier alpha value is -2.78. The average Bonchev–Trinajstić information content (AvgIpc) is 2.73.